The molecule has 1 aromatic rings. The number of nitrogens with zero attached hydrogens (tertiary/aromatic N) is 1. The number of thioether (sulfide) groups is 1. The average molecular weight is 240 g/mol. The minimum absolute atomic E-state index is 0.590. The SMILES string of the molecule is CNC1CCC(C)CC1Sc1nc(C)co1. The standard InChI is InChI=1S/C12H20N2OS/c1-8-4-5-10(13-3)11(6-8)16-12-14-9(2)7-15-12/h7-8,10-11,13H,4-6H2,1-3H3. The highest BCUT2D eigenvalue weighted by Gasteiger charge is 2.29. The Morgan fingerprint density at radius 3 is 2.94 bits per heavy atom. The summed E-state index contributed by atoms with van der Waals surface area (Å²) in [7, 11) is 2.05. The lowest BCUT2D eigenvalue weighted by Gasteiger charge is -2.33. The van der Waals surface area contributed by atoms with Crippen LogP contribution in [0.4, 0.5) is 0 Å². The fraction of sp³-hybridized carbons (Fsp3) is 0.750. The summed E-state index contributed by atoms with van der Waals surface area (Å²) in [6.07, 6.45) is 5.56. The Hall–Kier alpha value is -0.480. The van der Waals surface area contributed by atoms with Gasteiger partial charge >= 0.3 is 0 Å². The van der Waals surface area contributed by atoms with E-state index in [2.05, 4.69) is 24.3 Å². The molecule has 0 radical (unpaired) electrons. The highest BCUT2D eigenvalue weighted by Crippen LogP contribution is 2.35. The average Bonchev–Trinajstić information content (AvgIpc) is 2.64. The van der Waals surface area contributed by atoms with Gasteiger partial charge in [-0.2, -0.15) is 0 Å². The molecule has 16 heavy (non-hydrogen) atoms. The Labute approximate surface area is 101 Å². The van der Waals surface area contributed by atoms with Crippen molar-refractivity contribution >= 4 is 11.8 Å². The number of nitrogens with one attached hydrogen (secondary N) is 1. The predicted molar refractivity (Wildman–Crippen MR) is 66.7 cm³/mol. The fourth-order valence-corrected chi connectivity index (χ4v) is 3.73. The zero-order valence-corrected chi connectivity index (χ0v) is 11.0. The summed E-state index contributed by atoms with van der Waals surface area (Å²) in [6, 6.07) is 0.591. The quantitative estimate of drug-likeness (QED) is 0.881. The second kappa shape index (κ2) is 5.23. The molecular formula is C12H20N2OS. The summed E-state index contributed by atoms with van der Waals surface area (Å²) in [4.78, 5) is 4.37. The Morgan fingerprint density at radius 2 is 2.31 bits per heavy atom. The van der Waals surface area contributed by atoms with E-state index in [4.69, 9.17) is 4.42 Å². The van der Waals surface area contributed by atoms with E-state index in [9.17, 15) is 0 Å². The van der Waals surface area contributed by atoms with Gasteiger partial charge in [0.25, 0.3) is 5.22 Å². The van der Waals surface area contributed by atoms with Crippen LogP contribution in [0.5, 0.6) is 0 Å². The van der Waals surface area contributed by atoms with E-state index in [0.29, 0.717) is 11.3 Å². The molecule has 0 spiro atoms. The van der Waals surface area contributed by atoms with E-state index >= 15 is 0 Å². The van der Waals surface area contributed by atoms with Gasteiger partial charge in [0, 0.05) is 11.3 Å². The topological polar surface area (TPSA) is 38.1 Å². The van der Waals surface area contributed by atoms with E-state index in [-0.39, 0.29) is 0 Å². The number of aromatic nitrogens is 1. The molecule has 1 fully saturated rings. The van der Waals surface area contributed by atoms with E-state index < -0.39 is 0 Å². The van der Waals surface area contributed by atoms with Crippen LogP contribution >= 0.6 is 11.8 Å². The summed E-state index contributed by atoms with van der Waals surface area (Å²) in [6.45, 7) is 4.30. The number of rotatable bonds is 3. The maximum atomic E-state index is 5.42. The van der Waals surface area contributed by atoms with Crippen LogP contribution in [-0.4, -0.2) is 23.3 Å². The third kappa shape index (κ3) is 2.80. The Morgan fingerprint density at radius 1 is 1.50 bits per heavy atom. The minimum atomic E-state index is 0.590. The van der Waals surface area contributed by atoms with E-state index in [1.54, 1.807) is 18.0 Å². The molecule has 1 aliphatic rings. The molecule has 3 atom stereocenters. The van der Waals surface area contributed by atoms with Gasteiger partial charge in [-0.15, -0.1) is 0 Å². The van der Waals surface area contributed by atoms with Crippen LogP contribution in [0.25, 0.3) is 0 Å². The molecule has 0 bridgehead atoms. The monoisotopic (exact) mass is 240 g/mol. The summed E-state index contributed by atoms with van der Waals surface area (Å²) in [5, 5.41) is 4.82. The third-order valence-electron chi connectivity index (χ3n) is 3.27. The first-order chi connectivity index (χ1) is 7.69. The highest BCUT2D eigenvalue weighted by atomic mass is 32.2. The van der Waals surface area contributed by atoms with Gasteiger partial charge in [-0.05, 0) is 39.2 Å². The smallest absolute Gasteiger partial charge is 0.256 e. The van der Waals surface area contributed by atoms with E-state index in [1.807, 2.05) is 6.92 Å². The summed E-state index contributed by atoms with van der Waals surface area (Å²) in [5.74, 6) is 0.818. The van der Waals surface area contributed by atoms with Crippen molar-refractivity contribution in [1.82, 2.24) is 10.3 Å². The Kier molecular flexibility index (Phi) is 3.92. The largest absolute Gasteiger partial charge is 0.440 e. The lowest BCUT2D eigenvalue weighted by molar-refractivity contribution is 0.326. The first-order valence-corrected chi connectivity index (χ1v) is 6.83. The molecule has 90 valence electrons. The highest BCUT2D eigenvalue weighted by molar-refractivity contribution is 7.99. The summed E-state index contributed by atoms with van der Waals surface area (Å²) < 4.78 is 5.42. The Bertz CT molecular complexity index is 340. The minimum Gasteiger partial charge on any atom is -0.440 e. The maximum absolute atomic E-state index is 5.42. The molecule has 2 rings (SSSR count). The molecule has 1 aliphatic carbocycles. The second-order valence-corrected chi connectivity index (χ2v) is 5.91. The van der Waals surface area contributed by atoms with Crippen LogP contribution in [0, 0.1) is 12.8 Å². The molecule has 0 saturated heterocycles. The van der Waals surface area contributed by atoms with Gasteiger partial charge in [-0.3, -0.25) is 0 Å². The van der Waals surface area contributed by atoms with Gasteiger partial charge in [0.2, 0.25) is 0 Å². The zero-order valence-electron chi connectivity index (χ0n) is 10.2. The molecule has 3 unspecified atom stereocenters. The normalized spacial score (nSPS) is 30.6. The van der Waals surface area contributed by atoms with E-state index in [0.717, 1.165) is 16.8 Å². The van der Waals surface area contributed by atoms with Gasteiger partial charge in [-0.1, -0.05) is 18.7 Å². The molecule has 1 heterocycles. The number of hydrogen-bond donors (Lipinski definition) is 1. The van der Waals surface area contributed by atoms with Gasteiger partial charge < -0.3 is 9.73 Å². The molecular weight excluding hydrogens is 220 g/mol. The molecule has 0 aliphatic heterocycles. The molecule has 3 nitrogen and oxygen atoms in total. The zero-order chi connectivity index (χ0) is 11.5. The number of hydrogen-bond acceptors (Lipinski definition) is 4. The summed E-state index contributed by atoms with van der Waals surface area (Å²) >= 11 is 1.78. The van der Waals surface area contributed by atoms with Crippen molar-refractivity contribution in [3.8, 4) is 0 Å². The third-order valence-corrected chi connectivity index (χ3v) is 4.49. The van der Waals surface area contributed by atoms with Gasteiger partial charge in [0.15, 0.2) is 0 Å². The van der Waals surface area contributed by atoms with Crippen molar-refractivity contribution in [2.75, 3.05) is 7.05 Å². The molecule has 4 heteroatoms. The number of oxazole rings is 1. The van der Waals surface area contributed by atoms with Crippen LogP contribution in [0.2, 0.25) is 0 Å². The Balaban J connectivity index is 2.00. The summed E-state index contributed by atoms with van der Waals surface area (Å²) in [5.41, 5.74) is 0.965. The van der Waals surface area contributed by atoms with Crippen LogP contribution in [-0.2, 0) is 0 Å². The van der Waals surface area contributed by atoms with Crippen molar-refractivity contribution in [3.05, 3.63) is 12.0 Å². The van der Waals surface area contributed by atoms with Gasteiger partial charge in [-0.25, -0.2) is 4.98 Å². The second-order valence-electron chi connectivity index (χ2n) is 4.72. The van der Waals surface area contributed by atoms with Crippen molar-refractivity contribution < 1.29 is 4.42 Å². The predicted octanol–water partition coefficient (Wildman–Crippen LogP) is 2.85. The van der Waals surface area contributed by atoms with Crippen molar-refractivity contribution in [3.63, 3.8) is 0 Å². The molecule has 1 saturated carbocycles. The lowest BCUT2D eigenvalue weighted by Crippen LogP contribution is -2.40. The van der Waals surface area contributed by atoms with Gasteiger partial charge in [0.05, 0.1) is 5.69 Å². The van der Waals surface area contributed by atoms with Crippen LogP contribution < -0.4 is 5.32 Å². The molecule has 1 aromatic heterocycles. The molecule has 1 N–H and O–H groups in total. The molecule has 0 amide bonds. The van der Waals surface area contributed by atoms with Crippen LogP contribution in [0.3, 0.4) is 0 Å². The molecule has 0 aromatic carbocycles. The van der Waals surface area contributed by atoms with Crippen molar-refractivity contribution in [2.24, 2.45) is 5.92 Å². The van der Waals surface area contributed by atoms with Gasteiger partial charge in [0.1, 0.15) is 6.26 Å². The van der Waals surface area contributed by atoms with Crippen molar-refractivity contribution in [2.45, 2.75) is 49.6 Å². The first-order valence-electron chi connectivity index (χ1n) is 5.95. The fourth-order valence-electron chi connectivity index (χ4n) is 2.31. The lowest BCUT2D eigenvalue weighted by atomic mass is 9.87. The van der Waals surface area contributed by atoms with Crippen molar-refractivity contribution in [1.29, 1.82) is 0 Å². The number of aryl methyl sites for hydroxylation is 1. The van der Waals surface area contributed by atoms with Crippen LogP contribution in [0.15, 0.2) is 15.9 Å². The maximum Gasteiger partial charge on any atom is 0.256 e. The van der Waals surface area contributed by atoms with E-state index in [1.165, 1.54) is 19.3 Å². The van der Waals surface area contributed by atoms with Crippen LogP contribution in [0.1, 0.15) is 31.9 Å². The first kappa shape index (κ1) is 12.0.